The van der Waals surface area contributed by atoms with Gasteiger partial charge in [-0.2, -0.15) is 0 Å². The summed E-state index contributed by atoms with van der Waals surface area (Å²) in [6, 6.07) is 0. The molecule has 0 spiro atoms. The van der Waals surface area contributed by atoms with Crippen molar-refractivity contribution in [1.82, 2.24) is 0 Å². The van der Waals surface area contributed by atoms with E-state index in [1.54, 1.807) is 22.3 Å². The molecule has 0 radical (unpaired) electrons. The van der Waals surface area contributed by atoms with Crippen molar-refractivity contribution in [2.45, 2.75) is 69.2 Å². The van der Waals surface area contributed by atoms with Crippen LogP contribution in [0, 0.1) is 26.7 Å². The molecule has 0 saturated heterocycles. The van der Waals surface area contributed by atoms with Crippen molar-refractivity contribution < 1.29 is 26.2 Å². The second kappa shape index (κ2) is 10.7. The van der Waals surface area contributed by atoms with Gasteiger partial charge < -0.3 is 14.9 Å². The number of hydrogen-bond donors (Lipinski definition) is 0. The largest absolute Gasteiger partial charge is 2.00 e. The average molecular weight is 394 g/mol. The minimum absolute atomic E-state index is 0. The Kier molecular flexibility index (Phi) is 12.8. The molecule has 0 amide bonds. The average Bonchev–Trinajstić information content (AvgIpc) is 2.71. The van der Waals surface area contributed by atoms with E-state index in [4.69, 9.17) is 0 Å². The van der Waals surface area contributed by atoms with Crippen LogP contribution in [-0.4, -0.2) is 0 Å². The van der Waals surface area contributed by atoms with Crippen molar-refractivity contribution in [1.29, 1.82) is 0 Å². The molecule has 2 aliphatic carbocycles. The molecule has 2 aliphatic rings. The van der Waals surface area contributed by atoms with Gasteiger partial charge in [0.05, 0.1) is 0 Å². The SMILES string of the molecule is CC1=C(C)C(C)C(C)=C1C.CC1=C(C)C(C)C(C)=C1C.[CH3-].[CH3-].[Zr+2]. The van der Waals surface area contributed by atoms with Crippen LogP contribution in [0.15, 0.2) is 44.6 Å². The molecule has 0 nitrogen and oxygen atoms in total. The number of rotatable bonds is 0. The van der Waals surface area contributed by atoms with Gasteiger partial charge in [0.2, 0.25) is 0 Å². The van der Waals surface area contributed by atoms with Crippen molar-refractivity contribution in [3.05, 3.63) is 59.4 Å². The zero-order valence-electron chi connectivity index (χ0n) is 17.7. The van der Waals surface area contributed by atoms with Gasteiger partial charge in [0.1, 0.15) is 0 Å². The fraction of sp³-hybridized carbons (Fsp3) is 0.545. The van der Waals surface area contributed by atoms with Gasteiger partial charge in [0.25, 0.3) is 0 Å². The molecule has 23 heavy (non-hydrogen) atoms. The molecule has 0 fully saturated rings. The first-order valence-corrected chi connectivity index (χ1v) is 7.81. The predicted octanol–water partition coefficient (Wildman–Crippen LogP) is 7.52. The van der Waals surface area contributed by atoms with E-state index in [2.05, 4.69) is 69.2 Å². The number of hydrogen-bond acceptors (Lipinski definition) is 0. The smallest absolute Gasteiger partial charge is 0.358 e. The van der Waals surface area contributed by atoms with E-state index in [-0.39, 0.29) is 41.1 Å². The Bertz CT molecular complexity index is 440. The van der Waals surface area contributed by atoms with Crippen LogP contribution in [0.4, 0.5) is 0 Å². The Labute approximate surface area is 166 Å². The van der Waals surface area contributed by atoms with Crippen LogP contribution >= 0.6 is 0 Å². The second-order valence-electron chi connectivity index (χ2n) is 6.68. The van der Waals surface area contributed by atoms with Gasteiger partial charge >= 0.3 is 26.2 Å². The third-order valence-corrected chi connectivity index (χ3v) is 6.09. The predicted molar refractivity (Wildman–Crippen MR) is 105 cm³/mol. The maximum atomic E-state index is 2.28. The number of allylic oxidation sites excluding steroid dienone is 8. The molecule has 130 valence electrons. The minimum Gasteiger partial charge on any atom is -0.358 e. The standard InChI is InChI=1S/2C10H16.2CH3.Zr/c2*1-6-7(2)9(4)10(5)8(6)3;;;/h2*6H,1-5H3;2*1H3;/q;;2*-1;+2. The van der Waals surface area contributed by atoms with Crippen molar-refractivity contribution in [3.8, 4) is 0 Å². The summed E-state index contributed by atoms with van der Waals surface area (Å²) in [6.45, 7) is 22.4. The molecule has 0 unspecified atom stereocenters. The first-order chi connectivity index (χ1) is 9.11. The summed E-state index contributed by atoms with van der Waals surface area (Å²) in [5.41, 5.74) is 12.2. The molecule has 0 N–H and O–H groups in total. The normalized spacial score (nSPS) is 18.5. The van der Waals surface area contributed by atoms with Crippen LogP contribution in [0.1, 0.15) is 69.2 Å². The maximum Gasteiger partial charge on any atom is 2.00 e. The van der Waals surface area contributed by atoms with E-state index >= 15 is 0 Å². The molecule has 0 heterocycles. The summed E-state index contributed by atoms with van der Waals surface area (Å²) in [4.78, 5) is 0. The van der Waals surface area contributed by atoms with Gasteiger partial charge in [-0.05, 0) is 89.5 Å². The fourth-order valence-electron chi connectivity index (χ4n) is 3.13. The molecule has 1 heteroatoms. The minimum atomic E-state index is 0. The molecular formula is C22H38Zr. The first-order valence-electron chi connectivity index (χ1n) is 7.81. The van der Waals surface area contributed by atoms with Gasteiger partial charge in [-0.15, -0.1) is 0 Å². The van der Waals surface area contributed by atoms with Crippen molar-refractivity contribution >= 4 is 0 Å². The summed E-state index contributed by atoms with van der Waals surface area (Å²) in [7, 11) is 0. The second-order valence-corrected chi connectivity index (χ2v) is 6.68. The topological polar surface area (TPSA) is 0 Å². The molecule has 0 bridgehead atoms. The zero-order chi connectivity index (χ0) is 15.8. The van der Waals surface area contributed by atoms with Crippen LogP contribution in [-0.2, 0) is 26.2 Å². The summed E-state index contributed by atoms with van der Waals surface area (Å²) in [5.74, 6) is 1.39. The Morgan fingerprint density at radius 1 is 0.435 bits per heavy atom. The molecule has 0 atom stereocenters. The zero-order valence-corrected chi connectivity index (χ0v) is 20.1. The van der Waals surface area contributed by atoms with Crippen LogP contribution in [0.2, 0.25) is 0 Å². The van der Waals surface area contributed by atoms with E-state index in [1.807, 2.05) is 0 Å². The van der Waals surface area contributed by atoms with Crippen LogP contribution < -0.4 is 0 Å². The Balaban J connectivity index is -0.000000308. The molecular weight excluding hydrogens is 355 g/mol. The monoisotopic (exact) mass is 392 g/mol. The van der Waals surface area contributed by atoms with Gasteiger partial charge in [-0.1, -0.05) is 36.1 Å². The van der Waals surface area contributed by atoms with E-state index in [0.29, 0.717) is 11.8 Å². The van der Waals surface area contributed by atoms with Crippen molar-refractivity contribution in [2.24, 2.45) is 11.8 Å². The van der Waals surface area contributed by atoms with Gasteiger partial charge in [0.15, 0.2) is 0 Å². The third-order valence-electron chi connectivity index (χ3n) is 6.09. The Morgan fingerprint density at radius 3 is 0.609 bits per heavy atom. The van der Waals surface area contributed by atoms with E-state index in [0.717, 1.165) is 0 Å². The third kappa shape index (κ3) is 5.42. The fourth-order valence-corrected chi connectivity index (χ4v) is 3.13. The maximum absolute atomic E-state index is 2.28. The summed E-state index contributed by atoms with van der Waals surface area (Å²) < 4.78 is 0. The van der Waals surface area contributed by atoms with E-state index in [1.165, 1.54) is 22.3 Å². The molecule has 0 aromatic heterocycles. The summed E-state index contributed by atoms with van der Waals surface area (Å²) >= 11 is 0. The van der Waals surface area contributed by atoms with E-state index < -0.39 is 0 Å². The summed E-state index contributed by atoms with van der Waals surface area (Å²) in [6.07, 6.45) is 0. The molecule has 2 rings (SSSR count). The van der Waals surface area contributed by atoms with Gasteiger partial charge in [0, 0.05) is 0 Å². The first kappa shape index (κ1) is 27.7. The molecule has 0 aromatic carbocycles. The van der Waals surface area contributed by atoms with E-state index in [9.17, 15) is 0 Å². The van der Waals surface area contributed by atoms with Crippen LogP contribution in [0.3, 0.4) is 0 Å². The van der Waals surface area contributed by atoms with Gasteiger partial charge in [-0.3, -0.25) is 0 Å². The summed E-state index contributed by atoms with van der Waals surface area (Å²) in [5, 5.41) is 0. The van der Waals surface area contributed by atoms with Gasteiger partial charge in [-0.25, -0.2) is 0 Å². The molecule has 0 aliphatic heterocycles. The Morgan fingerprint density at radius 2 is 0.565 bits per heavy atom. The molecule has 0 aromatic rings. The molecule has 0 saturated carbocycles. The quantitative estimate of drug-likeness (QED) is 0.373. The van der Waals surface area contributed by atoms with Crippen LogP contribution in [0.5, 0.6) is 0 Å². The Hall–Kier alpha value is -0.157. The van der Waals surface area contributed by atoms with Crippen molar-refractivity contribution in [3.63, 3.8) is 0 Å². The van der Waals surface area contributed by atoms with Crippen LogP contribution in [0.25, 0.3) is 0 Å². The van der Waals surface area contributed by atoms with Crippen molar-refractivity contribution in [2.75, 3.05) is 0 Å².